The Bertz CT molecular complexity index is 354. The Morgan fingerprint density at radius 1 is 1.35 bits per heavy atom. The summed E-state index contributed by atoms with van der Waals surface area (Å²) < 4.78 is 13.3. The molecule has 0 aromatic heterocycles. The van der Waals surface area contributed by atoms with Crippen LogP contribution >= 0.6 is 11.6 Å². The zero-order chi connectivity index (χ0) is 12.8. The fourth-order valence-electron chi connectivity index (χ4n) is 1.91. The second-order valence-electron chi connectivity index (χ2n) is 4.48. The minimum absolute atomic E-state index is 0.128. The lowest BCUT2D eigenvalue weighted by Crippen LogP contribution is -2.27. The van der Waals surface area contributed by atoms with E-state index in [4.69, 9.17) is 11.6 Å². The summed E-state index contributed by atoms with van der Waals surface area (Å²) in [6, 6.07) is 4.71. The number of rotatable bonds is 6. The lowest BCUT2D eigenvalue weighted by Gasteiger charge is -2.25. The van der Waals surface area contributed by atoms with Crippen LogP contribution in [-0.4, -0.2) is 6.54 Å². The quantitative estimate of drug-likeness (QED) is 0.787. The predicted octanol–water partition coefficient (Wildman–Crippen LogP) is 4.57. The number of hydrogen-bond donors (Lipinski definition) is 1. The molecular formula is C14H21ClFN. The zero-order valence-corrected chi connectivity index (χ0v) is 11.5. The maximum atomic E-state index is 13.3. The van der Waals surface area contributed by atoms with Crippen molar-refractivity contribution in [1.29, 1.82) is 0 Å². The largest absolute Gasteiger partial charge is 0.310 e. The molecule has 2 unspecified atom stereocenters. The van der Waals surface area contributed by atoms with Crippen LogP contribution in [-0.2, 0) is 0 Å². The van der Waals surface area contributed by atoms with Gasteiger partial charge in [-0.3, -0.25) is 0 Å². The van der Waals surface area contributed by atoms with E-state index in [1.807, 2.05) is 0 Å². The van der Waals surface area contributed by atoms with Crippen LogP contribution in [0.3, 0.4) is 0 Å². The van der Waals surface area contributed by atoms with Crippen molar-refractivity contribution >= 4 is 11.6 Å². The number of benzene rings is 1. The van der Waals surface area contributed by atoms with Crippen LogP contribution in [0.25, 0.3) is 0 Å². The predicted molar refractivity (Wildman–Crippen MR) is 71.9 cm³/mol. The van der Waals surface area contributed by atoms with E-state index < -0.39 is 0 Å². The van der Waals surface area contributed by atoms with Crippen molar-refractivity contribution < 1.29 is 4.39 Å². The van der Waals surface area contributed by atoms with Gasteiger partial charge < -0.3 is 5.32 Å². The molecule has 0 amide bonds. The second kappa shape index (κ2) is 6.97. The molecular weight excluding hydrogens is 237 g/mol. The average molecular weight is 258 g/mol. The van der Waals surface area contributed by atoms with Gasteiger partial charge in [-0.2, -0.15) is 0 Å². The van der Waals surface area contributed by atoms with E-state index in [2.05, 4.69) is 26.1 Å². The third-order valence-electron chi connectivity index (χ3n) is 3.12. The van der Waals surface area contributed by atoms with Gasteiger partial charge in [-0.15, -0.1) is 0 Å². The van der Waals surface area contributed by atoms with E-state index >= 15 is 0 Å². The smallest absolute Gasteiger partial charge is 0.123 e. The van der Waals surface area contributed by atoms with Gasteiger partial charge in [0.2, 0.25) is 0 Å². The standard InChI is InChI=1S/C14H21ClFN/c1-4-8-17-14(10(3)5-2)12-9-11(16)6-7-13(12)15/h6-7,9-10,14,17H,4-5,8H2,1-3H3. The molecule has 0 saturated heterocycles. The molecule has 0 spiro atoms. The lowest BCUT2D eigenvalue weighted by atomic mass is 9.92. The van der Waals surface area contributed by atoms with Gasteiger partial charge in [-0.25, -0.2) is 4.39 Å². The third kappa shape index (κ3) is 3.97. The van der Waals surface area contributed by atoms with Crippen LogP contribution in [0.1, 0.15) is 45.2 Å². The Balaban J connectivity index is 2.98. The molecule has 1 nitrogen and oxygen atoms in total. The molecule has 2 atom stereocenters. The summed E-state index contributed by atoms with van der Waals surface area (Å²) in [5, 5.41) is 4.09. The maximum absolute atomic E-state index is 13.3. The molecule has 0 radical (unpaired) electrons. The first kappa shape index (κ1) is 14.5. The Labute approximate surface area is 108 Å². The van der Waals surface area contributed by atoms with Gasteiger partial charge in [-0.1, -0.05) is 38.8 Å². The van der Waals surface area contributed by atoms with Crippen molar-refractivity contribution in [2.24, 2.45) is 5.92 Å². The highest BCUT2D eigenvalue weighted by Gasteiger charge is 2.20. The van der Waals surface area contributed by atoms with Crippen LogP contribution < -0.4 is 5.32 Å². The van der Waals surface area contributed by atoms with E-state index in [9.17, 15) is 4.39 Å². The molecule has 1 rings (SSSR count). The van der Waals surface area contributed by atoms with Gasteiger partial charge in [0.05, 0.1) is 0 Å². The molecule has 1 N–H and O–H groups in total. The highest BCUT2D eigenvalue weighted by molar-refractivity contribution is 6.31. The zero-order valence-electron chi connectivity index (χ0n) is 10.8. The summed E-state index contributed by atoms with van der Waals surface area (Å²) in [4.78, 5) is 0. The molecule has 0 aliphatic rings. The highest BCUT2D eigenvalue weighted by Crippen LogP contribution is 2.30. The molecule has 0 aliphatic carbocycles. The summed E-state index contributed by atoms with van der Waals surface area (Å²) in [7, 11) is 0. The van der Waals surface area contributed by atoms with E-state index in [0.29, 0.717) is 10.9 Å². The minimum atomic E-state index is -0.226. The number of nitrogens with one attached hydrogen (secondary N) is 1. The summed E-state index contributed by atoms with van der Waals surface area (Å²) in [5.74, 6) is 0.205. The number of halogens is 2. The first-order chi connectivity index (χ1) is 8.10. The van der Waals surface area contributed by atoms with Crippen molar-refractivity contribution in [3.63, 3.8) is 0 Å². The minimum Gasteiger partial charge on any atom is -0.310 e. The Kier molecular flexibility index (Phi) is 5.93. The Morgan fingerprint density at radius 3 is 2.65 bits per heavy atom. The van der Waals surface area contributed by atoms with Crippen LogP contribution in [0.5, 0.6) is 0 Å². The summed E-state index contributed by atoms with van der Waals surface area (Å²) in [6.45, 7) is 7.34. The van der Waals surface area contributed by atoms with Crippen LogP contribution in [0, 0.1) is 11.7 Å². The lowest BCUT2D eigenvalue weighted by molar-refractivity contribution is 0.376. The summed E-state index contributed by atoms with van der Waals surface area (Å²) in [5.41, 5.74) is 0.870. The molecule has 1 aromatic carbocycles. The molecule has 0 bridgehead atoms. The number of hydrogen-bond acceptors (Lipinski definition) is 1. The third-order valence-corrected chi connectivity index (χ3v) is 3.46. The summed E-state index contributed by atoms with van der Waals surface area (Å²) >= 11 is 6.16. The molecule has 0 saturated carbocycles. The maximum Gasteiger partial charge on any atom is 0.123 e. The van der Waals surface area contributed by atoms with E-state index in [-0.39, 0.29) is 11.9 Å². The van der Waals surface area contributed by atoms with E-state index in [1.165, 1.54) is 6.07 Å². The first-order valence-electron chi connectivity index (χ1n) is 6.28. The van der Waals surface area contributed by atoms with Gasteiger partial charge >= 0.3 is 0 Å². The van der Waals surface area contributed by atoms with Crippen molar-refractivity contribution in [2.45, 2.75) is 39.7 Å². The van der Waals surface area contributed by atoms with E-state index in [0.717, 1.165) is 24.9 Å². The van der Waals surface area contributed by atoms with Crippen LogP contribution in [0.2, 0.25) is 5.02 Å². The molecule has 0 heterocycles. The van der Waals surface area contributed by atoms with Gasteiger partial charge in [-0.05, 0) is 42.6 Å². The SMILES string of the molecule is CCCNC(c1cc(F)ccc1Cl)C(C)CC. The molecule has 0 fully saturated rings. The normalized spacial score (nSPS) is 14.6. The molecule has 1 aromatic rings. The van der Waals surface area contributed by atoms with Crippen molar-refractivity contribution in [1.82, 2.24) is 5.32 Å². The molecule has 96 valence electrons. The van der Waals surface area contributed by atoms with E-state index in [1.54, 1.807) is 12.1 Å². The van der Waals surface area contributed by atoms with Gasteiger partial charge in [0.1, 0.15) is 5.82 Å². The topological polar surface area (TPSA) is 12.0 Å². The van der Waals surface area contributed by atoms with Crippen LogP contribution in [0.15, 0.2) is 18.2 Å². The first-order valence-corrected chi connectivity index (χ1v) is 6.66. The van der Waals surface area contributed by atoms with Crippen LogP contribution in [0.4, 0.5) is 4.39 Å². The summed E-state index contributed by atoms with van der Waals surface area (Å²) in [6.07, 6.45) is 2.09. The fourth-order valence-corrected chi connectivity index (χ4v) is 2.14. The van der Waals surface area contributed by atoms with Crippen molar-refractivity contribution in [3.8, 4) is 0 Å². The Hall–Kier alpha value is -0.600. The highest BCUT2D eigenvalue weighted by atomic mass is 35.5. The van der Waals surface area contributed by atoms with Crippen molar-refractivity contribution in [3.05, 3.63) is 34.6 Å². The second-order valence-corrected chi connectivity index (χ2v) is 4.89. The monoisotopic (exact) mass is 257 g/mol. The molecule has 3 heteroatoms. The average Bonchev–Trinajstić information content (AvgIpc) is 2.33. The fraction of sp³-hybridized carbons (Fsp3) is 0.571. The molecule has 0 aliphatic heterocycles. The Morgan fingerprint density at radius 2 is 2.06 bits per heavy atom. The van der Waals surface area contributed by atoms with Crippen molar-refractivity contribution in [2.75, 3.05) is 6.54 Å². The van der Waals surface area contributed by atoms with Gasteiger partial charge in [0.15, 0.2) is 0 Å². The van der Waals surface area contributed by atoms with Gasteiger partial charge in [0.25, 0.3) is 0 Å². The molecule has 17 heavy (non-hydrogen) atoms. The van der Waals surface area contributed by atoms with Gasteiger partial charge in [0, 0.05) is 11.1 Å².